The number of methoxy groups -OCH3 is 2. The van der Waals surface area contributed by atoms with Gasteiger partial charge in [0.05, 0.1) is 36.7 Å². The number of anilines is 1. The lowest BCUT2D eigenvalue weighted by atomic mass is 9.86. The number of hydrogen-bond donors (Lipinski definition) is 1. The SMILES string of the molecule is COCC1=NC(=O)N(C(=O)NCC2CCN(C3CCN(c4ccccc4C#N)CC3)C2)C(c2ccc(F)c(F)c2)C1C(=O)OC. The number of urea groups is 2. The topological polar surface area (TPSA) is 128 Å². The van der Waals surface area contributed by atoms with E-state index in [0.717, 1.165) is 75.3 Å². The molecule has 3 aliphatic heterocycles. The number of piperidine rings is 1. The van der Waals surface area contributed by atoms with Crippen LogP contribution in [0.4, 0.5) is 24.1 Å². The minimum absolute atomic E-state index is 0.0155. The van der Waals surface area contributed by atoms with Crippen molar-refractivity contribution in [1.29, 1.82) is 5.26 Å². The second-order valence-electron chi connectivity index (χ2n) is 11.5. The fraction of sp³-hybridized carbons (Fsp3) is 0.469. The molecule has 0 aliphatic carbocycles. The summed E-state index contributed by atoms with van der Waals surface area (Å²) in [5.74, 6) is -4.26. The molecule has 2 fully saturated rings. The third kappa shape index (κ3) is 6.82. The molecule has 4 amide bonds. The number of nitriles is 1. The molecule has 0 radical (unpaired) electrons. The molecule has 2 saturated heterocycles. The zero-order chi connectivity index (χ0) is 32.1. The number of amides is 4. The van der Waals surface area contributed by atoms with Gasteiger partial charge in [0, 0.05) is 39.3 Å². The summed E-state index contributed by atoms with van der Waals surface area (Å²) in [6.07, 6.45) is 2.75. The van der Waals surface area contributed by atoms with Crippen molar-refractivity contribution in [2.45, 2.75) is 31.3 Å². The minimum Gasteiger partial charge on any atom is -0.468 e. The monoisotopic (exact) mass is 622 g/mol. The highest BCUT2D eigenvalue weighted by Gasteiger charge is 2.47. The van der Waals surface area contributed by atoms with Crippen molar-refractivity contribution >= 4 is 29.4 Å². The standard InChI is InChI=1S/C32H36F2N6O5/c1-44-19-26-28(30(41)45-2)29(21-7-8-24(33)25(34)15-21)40(32(43)37-26)31(42)36-17-20-9-12-39(18-20)23-10-13-38(14-11-23)27-6-4-3-5-22(27)16-35/h3-8,15,20,23,28-29H,9-14,17-19H2,1-2H3,(H,36,42). The van der Waals surface area contributed by atoms with Gasteiger partial charge >= 0.3 is 18.0 Å². The van der Waals surface area contributed by atoms with Crippen molar-refractivity contribution in [3.8, 4) is 6.07 Å². The lowest BCUT2D eigenvalue weighted by Gasteiger charge is -2.38. The molecule has 45 heavy (non-hydrogen) atoms. The van der Waals surface area contributed by atoms with E-state index in [2.05, 4.69) is 26.2 Å². The maximum atomic E-state index is 14.3. The van der Waals surface area contributed by atoms with Gasteiger partial charge in [0.1, 0.15) is 12.0 Å². The number of halogens is 2. The number of para-hydroxylation sites is 1. The summed E-state index contributed by atoms with van der Waals surface area (Å²) in [4.78, 5) is 49.1. The van der Waals surface area contributed by atoms with Gasteiger partial charge in [-0.15, -0.1) is 0 Å². The van der Waals surface area contributed by atoms with Crippen LogP contribution in [-0.4, -0.2) is 93.1 Å². The van der Waals surface area contributed by atoms with Gasteiger partial charge in [0.15, 0.2) is 11.6 Å². The molecular formula is C32H36F2N6O5. The Bertz CT molecular complexity index is 1510. The molecule has 3 unspecified atom stereocenters. The zero-order valence-corrected chi connectivity index (χ0v) is 25.2. The first-order valence-electron chi connectivity index (χ1n) is 14.9. The Morgan fingerprint density at radius 3 is 2.51 bits per heavy atom. The van der Waals surface area contributed by atoms with Crippen LogP contribution in [0.3, 0.4) is 0 Å². The van der Waals surface area contributed by atoms with E-state index in [4.69, 9.17) is 9.47 Å². The molecule has 0 spiro atoms. The molecule has 1 N–H and O–H groups in total. The third-order valence-electron chi connectivity index (χ3n) is 8.85. The normalized spacial score (nSPS) is 22.6. The van der Waals surface area contributed by atoms with E-state index in [9.17, 15) is 28.4 Å². The highest BCUT2D eigenvalue weighted by atomic mass is 19.2. The Balaban J connectivity index is 1.25. The lowest BCUT2D eigenvalue weighted by Crippen LogP contribution is -2.54. The van der Waals surface area contributed by atoms with E-state index in [1.54, 1.807) is 0 Å². The molecule has 0 aromatic heterocycles. The van der Waals surface area contributed by atoms with E-state index < -0.39 is 41.6 Å². The predicted molar refractivity (Wildman–Crippen MR) is 161 cm³/mol. The Labute approximate surface area is 260 Å². The van der Waals surface area contributed by atoms with Gasteiger partial charge in [0.2, 0.25) is 0 Å². The van der Waals surface area contributed by atoms with Crippen LogP contribution in [-0.2, 0) is 14.3 Å². The fourth-order valence-electron chi connectivity index (χ4n) is 6.60. The number of hydrogen-bond acceptors (Lipinski definition) is 8. The molecule has 13 heteroatoms. The third-order valence-corrected chi connectivity index (χ3v) is 8.85. The molecular weight excluding hydrogens is 586 g/mol. The van der Waals surface area contributed by atoms with Gasteiger partial charge in [-0.05, 0) is 61.6 Å². The van der Waals surface area contributed by atoms with Crippen molar-refractivity contribution < 1.29 is 32.6 Å². The van der Waals surface area contributed by atoms with Gasteiger partial charge in [-0.1, -0.05) is 18.2 Å². The number of carbonyl (C=O) groups is 3. The van der Waals surface area contributed by atoms with Crippen LogP contribution < -0.4 is 10.2 Å². The van der Waals surface area contributed by atoms with Crippen LogP contribution in [0.15, 0.2) is 47.5 Å². The summed E-state index contributed by atoms with van der Waals surface area (Å²) >= 11 is 0. The van der Waals surface area contributed by atoms with Crippen LogP contribution in [0.5, 0.6) is 0 Å². The van der Waals surface area contributed by atoms with Gasteiger partial charge in [-0.25, -0.2) is 23.3 Å². The van der Waals surface area contributed by atoms with Crippen LogP contribution in [0, 0.1) is 34.8 Å². The maximum Gasteiger partial charge on any atom is 0.352 e. The average Bonchev–Trinajstić information content (AvgIpc) is 3.53. The first-order valence-corrected chi connectivity index (χ1v) is 14.9. The average molecular weight is 623 g/mol. The number of nitrogens with one attached hydrogen (secondary N) is 1. The summed E-state index contributed by atoms with van der Waals surface area (Å²) < 4.78 is 38.2. The molecule has 5 rings (SSSR count). The number of benzene rings is 2. The van der Waals surface area contributed by atoms with E-state index in [-0.39, 0.29) is 30.3 Å². The number of aliphatic imine (C=N–C) groups is 1. The molecule has 11 nitrogen and oxygen atoms in total. The van der Waals surface area contributed by atoms with Crippen LogP contribution in [0.25, 0.3) is 0 Å². The fourth-order valence-corrected chi connectivity index (χ4v) is 6.60. The Hall–Kier alpha value is -4.41. The lowest BCUT2D eigenvalue weighted by molar-refractivity contribution is -0.144. The van der Waals surface area contributed by atoms with Gasteiger partial charge in [-0.3, -0.25) is 9.69 Å². The van der Waals surface area contributed by atoms with Crippen molar-refractivity contribution in [2.24, 2.45) is 16.8 Å². The first-order chi connectivity index (χ1) is 21.7. The van der Waals surface area contributed by atoms with Crippen molar-refractivity contribution in [2.75, 3.05) is 58.5 Å². The number of carbonyl (C=O) groups excluding carboxylic acids is 3. The molecule has 0 bridgehead atoms. The maximum absolute atomic E-state index is 14.3. The van der Waals surface area contributed by atoms with Gasteiger partial charge in [-0.2, -0.15) is 10.3 Å². The van der Waals surface area contributed by atoms with Crippen LogP contribution in [0.1, 0.15) is 36.4 Å². The quantitative estimate of drug-likeness (QED) is 0.440. The van der Waals surface area contributed by atoms with Crippen molar-refractivity contribution in [1.82, 2.24) is 15.1 Å². The Morgan fingerprint density at radius 2 is 1.82 bits per heavy atom. The van der Waals surface area contributed by atoms with Crippen molar-refractivity contribution in [3.63, 3.8) is 0 Å². The number of ether oxygens (including phenoxy) is 2. The summed E-state index contributed by atoms with van der Waals surface area (Å²) in [5.41, 5.74) is 1.68. The number of esters is 1. The Morgan fingerprint density at radius 1 is 1.07 bits per heavy atom. The molecule has 3 heterocycles. The number of likely N-dealkylation sites (tertiary alicyclic amines) is 1. The van der Waals surface area contributed by atoms with Crippen LogP contribution >= 0.6 is 0 Å². The van der Waals surface area contributed by atoms with Gasteiger partial charge < -0.3 is 19.7 Å². The summed E-state index contributed by atoms with van der Waals surface area (Å²) in [6, 6.07) is 10.2. The highest BCUT2D eigenvalue weighted by molar-refractivity contribution is 6.12. The Kier molecular flexibility index (Phi) is 10.0. The predicted octanol–water partition coefficient (Wildman–Crippen LogP) is 3.89. The molecule has 3 atom stereocenters. The smallest absolute Gasteiger partial charge is 0.352 e. The van der Waals surface area contributed by atoms with Crippen molar-refractivity contribution in [3.05, 3.63) is 65.2 Å². The summed E-state index contributed by atoms with van der Waals surface area (Å²) in [7, 11) is 2.51. The van der Waals surface area contributed by atoms with Gasteiger partial charge in [0.25, 0.3) is 0 Å². The first kappa shape index (κ1) is 32.0. The molecule has 2 aromatic carbocycles. The van der Waals surface area contributed by atoms with Crippen LogP contribution in [0.2, 0.25) is 0 Å². The van der Waals surface area contributed by atoms with E-state index in [1.165, 1.54) is 13.2 Å². The largest absolute Gasteiger partial charge is 0.468 e. The highest BCUT2D eigenvalue weighted by Crippen LogP contribution is 2.36. The summed E-state index contributed by atoms with van der Waals surface area (Å²) in [6.45, 7) is 3.39. The number of imide groups is 1. The van der Waals surface area contributed by atoms with E-state index in [0.29, 0.717) is 11.6 Å². The molecule has 238 valence electrons. The number of rotatable bonds is 8. The number of nitrogens with zero attached hydrogens (tertiary/aromatic N) is 5. The molecule has 2 aromatic rings. The zero-order valence-electron chi connectivity index (χ0n) is 25.2. The minimum atomic E-state index is -1.33. The summed E-state index contributed by atoms with van der Waals surface area (Å²) in [5, 5.41) is 12.3. The molecule has 0 saturated carbocycles. The second-order valence-corrected chi connectivity index (χ2v) is 11.5. The van der Waals surface area contributed by atoms with E-state index >= 15 is 0 Å². The molecule has 3 aliphatic rings. The van der Waals surface area contributed by atoms with E-state index in [1.807, 2.05) is 24.3 Å². The second kappa shape index (κ2) is 14.1.